The number of carbonyl (C=O) groups is 1. The summed E-state index contributed by atoms with van der Waals surface area (Å²) in [5.41, 5.74) is 7.09. The van der Waals surface area contributed by atoms with Gasteiger partial charge in [-0.15, -0.1) is 0 Å². The smallest absolute Gasteiger partial charge is 0.229 e. The molecule has 1 saturated carbocycles. The monoisotopic (exact) mass is 482 g/mol. The number of rotatable bonds is 6. The summed E-state index contributed by atoms with van der Waals surface area (Å²) in [4.78, 5) is 34.7. The quantitative estimate of drug-likeness (QED) is 0.617. The molecule has 2 aliphatic heterocycles. The molecule has 3 N–H and O–H groups in total. The number of ether oxygens (including phenoxy) is 2. The molecule has 188 valence electrons. The topological polar surface area (TPSA) is 132 Å². The minimum absolute atomic E-state index is 0.00338. The third kappa shape index (κ3) is 5.30. The molecule has 0 bridgehead atoms. The van der Waals surface area contributed by atoms with Crippen molar-refractivity contribution in [3.05, 3.63) is 18.5 Å². The van der Waals surface area contributed by atoms with E-state index in [1.54, 1.807) is 12.4 Å². The van der Waals surface area contributed by atoms with Gasteiger partial charge in [0.25, 0.3) is 0 Å². The van der Waals surface area contributed by atoms with Crippen LogP contribution in [-0.2, 0) is 9.53 Å². The van der Waals surface area contributed by atoms with E-state index in [9.17, 15) is 4.79 Å². The van der Waals surface area contributed by atoms with E-state index in [4.69, 9.17) is 25.2 Å². The molecule has 2 aromatic heterocycles. The van der Waals surface area contributed by atoms with E-state index in [1.807, 2.05) is 18.0 Å². The lowest BCUT2D eigenvalue weighted by Crippen LogP contribution is -2.52. The van der Waals surface area contributed by atoms with Gasteiger partial charge in [0.05, 0.1) is 24.9 Å². The summed E-state index contributed by atoms with van der Waals surface area (Å²) in [5.74, 6) is 1.71. The van der Waals surface area contributed by atoms with E-state index >= 15 is 0 Å². The van der Waals surface area contributed by atoms with E-state index in [0.717, 1.165) is 44.3 Å². The van der Waals surface area contributed by atoms with Gasteiger partial charge in [-0.05, 0) is 32.9 Å². The van der Waals surface area contributed by atoms with Crippen molar-refractivity contribution in [1.82, 2.24) is 30.2 Å². The maximum absolute atomic E-state index is 12.9. The van der Waals surface area contributed by atoms with Gasteiger partial charge in [-0.2, -0.15) is 4.98 Å². The summed E-state index contributed by atoms with van der Waals surface area (Å²) in [7, 11) is 1.92. The Kier molecular flexibility index (Phi) is 6.96. The van der Waals surface area contributed by atoms with Gasteiger partial charge in [0.1, 0.15) is 6.10 Å². The van der Waals surface area contributed by atoms with Crippen molar-refractivity contribution in [1.29, 1.82) is 0 Å². The molecule has 5 rings (SSSR count). The zero-order chi connectivity index (χ0) is 24.4. The van der Waals surface area contributed by atoms with E-state index in [-0.39, 0.29) is 36.0 Å². The molecule has 1 amide bonds. The van der Waals surface area contributed by atoms with Gasteiger partial charge in [-0.25, -0.2) is 15.0 Å². The van der Waals surface area contributed by atoms with Crippen LogP contribution in [0.1, 0.15) is 32.6 Å². The fraction of sp³-hybridized carbons (Fsp3) is 0.625. The normalized spacial score (nSPS) is 25.1. The maximum Gasteiger partial charge on any atom is 0.229 e. The average molecular weight is 483 g/mol. The molecule has 3 aliphatic rings. The Hall–Kier alpha value is -3.05. The molecule has 0 radical (unpaired) electrons. The van der Waals surface area contributed by atoms with Crippen molar-refractivity contribution in [2.75, 3.05) is 50.5 Å². The minimum Gasteiger partial charge on any atom is -0.474 e. The molecule has 0 unspecified atom stereocenters. The van der Waals surface area contributed by atoms with Crippen molar-refractivity contribution in [3.63, 3.8) is 0 Å². The number of anilines is 2. The average Bonchev–Trinajstić information content (AvgIpc) is 2.86. The first-order valence-electron chi connectivity index (χ1n) is 12.4. The minimum atomic E-state index is 0.00338. The molecule has 4 heterocycles. The van der Waals surface area contributed by atoms with Crippen LogP contribution in [0.3, 0.4) is 0 Å². The lowest BCUT2D eigenvalue weighted by Gasteiger charge is -2.42. The molecule has 1 aliphatic carbocycles. The molecule has 35 heavy (non-hydrogen) atoms. The number of aromatic nitrogens is 4. The van der Waals surface area contributed by atoms with Gasteiger partial charge in [-0.1, -0.05) is 0 Å². The summed E-state index contributed by atoms with van der Waals surface area (Å²) in [6, 6.07) is 2.17. The second kappa shape index (κ2) is 10.3. The Morgan fingerprint density at radius 3 is 2.69 bits per heavy atom. The first-order valence-corrected chi connectivity index (χ1v) is 12.4. The Labute approximate surface area is 205 Å². The third-order valence-electron chi connectivity index (χ3n) is 7.22. The Morgan fingerprint density at radius 1 is 1.23 bits per heavy atom. The Morgan fingerprint density at radius 2 is 1.97 bits per heavy atom. The lowest BCUT2D eigenvalue weighted by molar-refractivity contribution is -0.140. The summed E-state index contributed by atoms with van der Waals surface area (Å²) in [6.07, 6.45) is 6.72. The molecule has 0 aromatic carbocycles. The highest BCUT2D eigenvalue weighted by Gasteiger charge is 2.38. The molecule has 3 fully saturated rings. The van der Waals surface area contributed by atoms with Crippen LogP contribution in [0.15, 0.2) is 18.5 Å². The number of nitrogens with one attached hydrogen (secondary N) is 1. The molecule has 2 aromatic rings. The van der Waals surface area contributed by atoms with Crippen molar-refractivity contribution >= 4 is 17.8 Å². The lowest BCUT2D eigenvalue weighted by atomic mass is 9.86. The number of nitrogen functional groups attached to an aromatic ring is 1. The van der Waals surface area contributed by atoms with Gasteiger partial charge in [-0.3, -0.25) is 4.79 Å². The molecule has 1 atom stereocenters. The van der Waals surface area contributed by atoms with E-state index in [0.29, 0.717) is 37.3 Å². The second-order valence-electron chi connectivity index (χ2n) is 9.68. The molecular formula is C24H34N8O3. The van der Waals surface area contributed by atoms with Crippen LogP contribution in [0.2, 0.25) is 0 Å². The van der Waals surface area contributed by atoms with Crippen LogP contribution >= 0.6 is 0 Å². The van der Waals surface area contributed by atoms with Gasteiger partial charge >= 0.3 is 0 Å². The van der Waals surface area contributed by atoms with E-state index in [2.05, 4.69) is 27.1 Å². The second-order valence-corrected chi connectivity index (χ2v) is 9.68. The predicted octanol–water partition coefficient (Wildman–Crippen LogP) is 1.11. The molecular weight excluding hydrogens is 448 g/mol. The maximum atomic E-state index is 12.9. The highest BCUT2D eigenvalue weighted by molar-refractivity contribution is 5.79. The largest absolute Gasteiger partial charge is 0.474 e. The van der Waals surface area contributed by atoms with Crippen LogP contribution in [0.4, 0.5) is 11.9 Å². The number of hydrogen-bond donors (Lipinski definition) is 2. The fourth-order valence-corrected chi connectivity index (χ4v) is 4.90. The predicted molar refractivity (Wildman–Crippen MR) is 131 cm³/mol. The standard InChI is InChI=1S/C24H34N8O3/c1-15-14-34-8-7-32(15)24-29-20(17-12-27-23(25)28-13-17)11-21(30-24)35-19-9-18(10-19)31(2)22(33)16-3-5-26-6-4-16/h11-13,15-16,18-19,26H,3-10,14H2,1-2H3,(H2,25,27,28)/t15-,18-,19-/m0/s1. The highest BCUT2D eigenvalue weighted by atomic mass is 16.5. The first-order chi connectivity index (χ1) is 17.0. The van der Waals surface area contributed by atoms with Gasteiger partial charge in [0.2, 0.25) is 23.7 Å². The first kappa shape index (κ1) is 23.7. The van der Waals surface area contributed by atoms with Gasteiger partial charge in [0, 0.05) is 62.4 Å². The van der Waals surface area contributed by atoms with Crippen LogP contribution in [0.5, 0.6) is 5.88 Å². The van der Waals surface area contributed by atoms with Gasteiger partial charge in [0.15, 0.2) is 0 Å². The fourth-order valence-electron chi connectivity index (χ4n) is 4.90. The van der Waals surface area contributed by atoms with Crippen LogP contribution in [0, 0.1) is 5.92 Å². The van der Waals surface area contributed by atoms with Crippen molar-refractivity contribution in [2.24, 2.45) is 5.92 Å². The van der Waals surface area contributed by atoms with Crippen LogP contribution in [0.25, 0.3) is 11.3 Å². The Balaban J connectivity index is 1.29. The highest BCUT2D eigenvalue weighted by Crippen LogP contribution is 2.32. The van der Waals surface area contributed by atoms with E-state index < -0.39 is 0 Å². The Bertz CT molecular complexity index is 1020. The molecule has 0 spiro atoms. The number of carbonyl (C=O) groups excluding carboxylic acids is 1. The zero-order valence-electron chi connectivity index (χ0n) is 20.4. The number of nitrogens with two attached hydrogens (primary N) is 1. The number of nitrogens with zero attached hydrogens (tertiary/aromatic N) is 6. The zero-order valence-corrected chi connectivity index (χ0v) is 20.4. The van der Waals surface area contributed by atoms with E-state index in [1.165, 1.54) is 0 Å². The van der Waals surface area contributed by atoms with Crippen molar-refractivity contribution in [3.8, 4) is 17.1 Å². The third-order valence-corrected chi connectivity index (χ3v) is 7.22. The number of amides is 1. The molecule has 11 nitrogen and oxygen atoms in total. The number of hydrogen-bond acceptors (Lipinski definition) is 10. The SMILES string of the molecule is C[C@H]1COCCN1c1nc(O[C@H]2C[C@H](N(C)C(=O)C3CCNCC3)C2)cc(-c2cnc(N)nc2)n1. The van der Waals surface area contributed by atoms with Crippen LogP contribution < -0.4 is 20.7 Å². The molecule has 11 heteroatoms. The summed E-state index contributed by atoms with van der Waals surface area (Å²) < 4.78 is 11.9. The number of piperidine rings is 1. The van der Waals surface area contributed by atoms with Gasteiger partial charge < -0.3 is 30.3 Å². The molecule has 2 saturated heterocycles. The van der Waals surface area contributed by atoms with Crippen molar-refractivity contribution < 1.29 is 14.3 Å². The summed E-state index contributed by atoms with van der Waals surface area (Å²) in [5, 5.41) is 3.32. The summed E-state index contributed by atoms with van der Waals surface area (Å²) >= 11 is 0. The van der Waals surface area contributed by atoms with Crippen molar-refractivity contribution in [2.45, 2.75) is 50.8 Å². The van der Waals surface area contributed by atoms with Crippen LogP contribution in [-0.4, -0.2) is 88.8 Å². The summed E-state index contributed by atoms with van der Waals surface area (Å²) in [6.45, 7) is 5.88. The number of morpholine rings is 1.